The Morgan fingerprint density at radius 3 is 2.93 bits per heavy atom. The van der Waals surface area contributed by atoms with E-state index in [-0.39, 0.29) is 18.7 Å². The van der Waals surface area contributed by atoms with E-state index < -0.39 is 11.8 Å². The summed E-state index contributed by atoms with van der Waals surface area (Å²) in [6, 6.07) is 7.97. The van der Waals surface area contributed by atoms with Crippen molar-refractivity contribution >= 4 is 17.0 Å². The van der Waals surface area contributed by atoms with Crippen LogP contribution < -0.4 is 21.5 Å². The molecule has 0 amide bonds. The molecule has 0 aliphatic carbocycles. The molecule has 7 nitrogen and oxygen atoms in total. The molecule has 1 aliphatic rings. The Bertz CT molecular complexity index is 1160. The first-order chi connectivity index (χ1) is 14.5. The predicted molar refractivity (Wildman–Crippen MR) is 112 cm³/mol. The van der Waals surface area contributed by atoms with Gasteiger partial charge in [0.1, 0.15) is 18.7 Å². The van der Waals surface area contributed by atoms with Crippen LogP contribution in [-0.4, -0.2) is 34.0 Å². The molecular weight excluding hydrogens is 412 g/mol. The number of benzene rings is 1. The summed E-state index contributed by atoms with van der Waals surface area (Å²) in [5.41, 5.74) is 7.78. The minimum absolute atomic E-state index is 0.304. The minimum atomic E-state index is -1.87. The van der Waals surface area contributed by atoms with Crippen molar-refractivity contribution < 1.29 is 13.5 Å². The summed E-state index contributed by atoms with van der Waals surface area (Å²) in [6.45, 7) is 3.15. The summed E-state index contributed by atoms with van der Waals surface area (Å²) in [6.07, 6.45) is -0.514. The topological polar surface area (TPSA) is 87.1 Å². The third-order valence-electron chi connectivity index (χ3n) is 4.99. The summed E-state index contributed by atoms with van der Waals surface area (Å²) < 4.78 is 33.7. The lowest BCUT2D eigenvalue weighted by Crippen LogP contribution is -2.27. The van der Waals surface area contributed by atoms with Gasteiger partial charge in [-0.3, -0.25) is 4.57 Å². The van der Waals surface area contributed by atoms with E-state index in [0.29, 0.717) is 13.2 Å². The van der Waals surface area contributed by atoms with E-state index in [2.05, 4.69) is 17.3 Å². The number of ether oxygens (including phenoxy) is 1. The van der Waals surface area contributed by atoms with Crippen molar-refractivity contribution in [2.75, 3.05) is 25.0 Å². The first-order valence-electron chi connectivity index (χ1n) is 9.42. The fourth-order valence-corrected chi connectivity index (χ4v) is 4.47. The highest BCUT2D eigenvalue weighted by atomic mass is 32.1. The maximum absolute atomic E-state index is 12.8. The van der Waals surface area contributed by atoms with Crippen LogP contribution in [-0.2, 0) is 13.1 Å². The molecule has 30 heavy (non-hydrogen) atoms. The molecular formula is C20H21F2N5O2S. The van der Waals surface area contributed by atoms with E-state index in [4.69, 9.17) is 10.5 Å². The molecule has 0 spiro atoms. The van der Waals surface area contributed by atoms with Gasteiger partial charge >= 0.3 is 5.69 Å². The van der Waals surface area contributed by atoms with E-state index in [1.807, 2.05) is 24.3 Å². The van der Waals surface area contributed by atoms with Crippen molar-refractivity contribution in [3.63, 3.8) is 0 Å². The Labute approximate surface area is 175 Å². The van der Waals surface area contributed by atoms with Crippen molar-refractivity contribution in [3.8, 4) is 16.2 Å². The summed E-state index contributed by atoms with van der Waals surface area (Å²) in [5, 5.41) is 7.32. The smallest absolute Gasteiger partial charge is 0.346 e. The van der Waals surface area contributed by atoms with Crippen LogP contribution in [0.4, 0.5) is 14.5 Å². The molecule has 3 aromatic rings. The highest BCUT2D eigenvalue weighted by molar-refractivity contribution is 7.15. The Morgan fingerprint density at radius 2 is 2.17 bits per heavy atom. The maximum atomic E-state index is 12.8. The quantitative estimate of drug-likeness (QED) is 0.624. The zero-order chi connectivity index (χ0) is 21.3. The normalized spacial score (nSPS) is 12.8. The number of aromatic nitrogens is 3. The van der Waals surface area contributed by atoms with E-state index >= 15 is 0 Å². The van der Waals surface area contributed by atoms with E-state index in [1.54, 1.807) is 11.3 Å². The summed E-state index contributed by atoms with van der Waals surface area (Å²) >= 11 is 1.57. The van der Waals surface area contributed by atoms with Gasteiger partial charge in [-0.1, -0.05) is 0 Å². The SMILES string of the molecule is Cc1c(-c2ccc(Cn3cnn(CC(CN)=C(F)F)c3=O)s2)ccc2c1NCCO2. The third-order valence-corrected chi connectivity index (χ3v) is 6.10. The van der Waals surface area contributed by atoms with Crippen LogP contribution in [0.2, 0.25) is 0 Å². The van der Waals surface area contributed by atoms with Crippen LogP contribution in [0.15, 0.2) is 47.0 Å². The number of nitrogens with one attached hydrogen (secondary N) is 1. The molecule has 3 heterocycles. The van der Waals surface area contributed by atoms with Crippen molar-refractivity contribution in [2.24, 2.45) is 5.73 Å². The second kappa shape index (κ2) is 8.41. The molecule has 10 heteroatoms. The largest absolute Gasteiger partial charge is 0.490 e. The molecule has 0 bridgehead atoms. The fourth-order valence-electron chi connectivity index (χ4n) is 3.38. The maximum Gasteiger partial charge on any atom is 0.346 e. The summed E-state index contributed by atoms with van der Waals surface area (Å²) in [5.74, 6) is 0.855. The summed E-state index contributed by atoms with van der Waals surface area (Å²) in [4.78, 5) is 14.5. The Kier molecular flexibility index (Phi) is 5.69. The number of nitrogens with two attached hydrogens (primary N) is 1. The van der Waals surface area contributed by atoms with Gasteiger partial charge in [-0.15, -0.1) is 11.3 Å². The number of nitrogens with zero attached hydrogens (tertiary/aromatic N) is 3. The molecule has 0 radical (unpaired) electrons. The number of fused-ring (bicyclic) bond motifs is 1. The molecule has 1 aliphatic heterocycles. The molecule has 0 fully saturated rings. The van der Waals surface area contributed by atoms with Gasteiger partial charge < -0.3 is 15.8 Å². The monoisotopic (exact) mass is 433 g/mol. The van der Waals surface area contributed by atoms with Crippen LogP contribution in [0.3, 0.4) is 0 Å². The Hall–Kier alpha value is -2.98. The minimum Gasteiger partial charge on any atom is -0.490 e. The zero-order valence-corrected chi connectivity index (χ0v) is 17.1. The van der Waals surface area contributed by atoms with Gasteiger partial charge in [0.25, 0.3) is 6.08 Å². The second-order valence-electron chi connectivity index (χ2n) is 6.92. The van der Waals surface area contributed by atoms with Crippen molar-refractivity contribution in [1.82, 2.24) is 14.3 Å². The fraction of sp³-hybridized carbons (Fsp3) is 0.300. The molecule has 158 valence electrons. The number of anilines is 1. The van der Waals surface area contributed by atoms with Gasteiger partial charge in [-0.05, 0) is 42.3 Å². The lowest BCUT2D eigenvalue weighted by atomic mass is 10.0. The average Bonchev–Trinajstić information content (AvgIpc) is 3.34. The van der Waals surface area contributed by atoms with Crippen LogP contribution in [0, 0.1) is 6.92 Å². The molecule has 3 N–H and O–H groups in total. The summed E-state index contributed by atoms with van der Waals surface area (Å²) in [7, 11) is 0. The van der Waals surface area contributed by atoms with Crippen molar-refractivity contribution in [3.05, 3.63) is 63.2 Å². The van der Waals surface area contributed by atoms with Gasteiger partial charge in [0.15, 0.2) is 0 Å². The molecule has 1 aromatic carbocycles. The average molecular weight is 433 g/mol. The molecule has 0 saturated carbocycles. The number of hydrogen-bond donors (Lipinski definition) is 2. The predicted octanol–water partition coefficient (Wildman–Crippen LogP) is 3.04. The van der Waals surface area contributed by atoms with Crippen LogP contribution in [0.5, 0.6) is 5.75 Å². The van der Waals surface area contributed by atoms with Crippen LogP contribution >= 0.6 is 11.3 Å². The third kappa shape index (κ3) is 3.88. The zero-order valence-electron chi connectivity index (χ0n) is 16.3. The molecule has 0 atom stereocenters. The van der Waals surface area contributed by atoms with Crippen molar-refractivity contribution in [2.45, 2.75) is 20.0 Å². The Morgan fingerprint density at radius 1 is 1.33 bits per heavy atom. The highest BCUT2D eigenvalue weighted by Crippen LogP contribution is 2.39. The first-order valence-corrected chi connectivity index (χ1v) is 10.2. The van der Waals surface area contributed by atoms with E-state index in [1.165, 1.54) is 10.9 Å². The highest BCUT2D eigenvalue weighted by Gasteiger charge is 2.17. The van der Waals surface area contributed by atoms with E-state index in [9.17, 15) is 13.6 Å². The number of halogens is 2. The van der Waals surface area contributed by atoms with Crippen LogP contribution in [0.1, 0.15) is 10.4 Å². The molecule has 4 rings (SSSR count). The molecule has 0 unspecified atom stereocenters. The molecule has 0 saturated heterocycles. The number of hydrogen-bond acceptors (Lipinski definition) is 6. The lowest BCUT2D eigenvalue weighted by molar-refractivity contribution is 0.323. The lowest BCUT2D eigenvalue weighted by Gasteiger charge is -2.22. The molecule has 2 aromatic heterocycles. The second-order valence-corrected chi connectivity index (χ2v) is 8.09. The van der Waals surface area contributed by atoms with Gasteiger partial charge in [0, 0.05) is 28.4 Å². The number of thiophene rings is 1. The van der Waals surface area contributed by atoms with Gasteiger partial charge in [-0.2, -0.15) is 13.9 Å². The van der Waals surface area contributed by atoms with Gasteiger partial charge in [0.05, 0.1) is 18.8 Å². The van der Waals surface area contributed by atoms with Gasteiger partial charge in [0.2, 0.25) is 0 Å². The Balaban J connectivity index is 1.55. The number of rotatable bonds is 6. The first kappa shape index (κ1) is 20.3. The standard InChI is InChI=1S/C20H21F2N5O2S/c1-12-15(3-4-16-18(12)24-6-7-29-16)17-5-2-14(30-17)10-26-11-25-27(20(26)28)9-13(8-23)19(21)22/h2-5,11,24H,6-10,23H2,1H3. The van der Waals surface area contributed by atoms with Gasteiger partial charge in [-0.25, -0.2) is 9.48 Å². The van der Waals surface area contributed by atoms with Crippen LogP contribution in [0.25, 0.3) is 10.4 Å². The van der Waals surface area contributed by atoms with E-state index in [0.717, 1.165) is 43.5 Å². The van der Waals surface area contributed by atoms with Crippen molar-refractivity contribution in [1.29, 1.82) is 0 Å².